The molecule has 37 heavy (non-hydrogen) atoms. The molecule has 0 bridgehead atoms. The molecule has 1 atom stereocenters. The number of nitrogens with two attached hydrogens (primary N) is 1. The highest BCUT2D eigenvalue weighted by Gasteiger charge is 2.31. The summed E-state index contributed by atoms with van der Waals surface area (Å²) in [6.45, 7) is 2.31. The number of fused-ring (bicyclic) bond motifs is 2. The standard InChI is InChI=1S/C27H32N6O2S.ClH/c1-31-23-19(10-17(11-21(23)35-2)27(34)32-9-3-4-18(28)14-32)29-24(31)20-12-22-25(33(20)13-15-5-6-15)30-26(36-22)16-7-8-16;/h10-12,15-16,18H,3-9,13-14,28H2,1-2H3;1H. The number of nitrogens with zero attached hydrogens (tertiary/aromatic N) is 5. The lowest BCUT2D eigenvalue weighted by molar-refractivity contribution is 0.0708. The van der Waals surface area contributed by atoms with Gasteiger partial charge in [-0.2, -0.15) is 0 Å². The van der Waals surface area contributed by atoms with Crippen LogP contribution in [0.1, 0.15) is 59.8 Å². The largest absolute Gasteiger partial charge is 0.494 e. The van der Waals surface area contributed by atoms with Crippen LogP contribution in [0.3, 0.4) is 0 Å². The molecule has 2 N–H and O–H groups in total. The fourth-order valence-corrected chi connectivity index (χ4v) is 6.75. The molecular weight excluding hydrogens is 508 g/mol. The normalized spacial score (nSPS) is 20.0. The van der Waals surface area contributed by atoms with Crippen molar-refractivity contribution in [3.8, 4) is 17.3 Å². The van der Waals surface area contributed by atoms with Crippen LogP contribution < -0.4 is 10.5 Å². The predicted molar refractivity (Wildman–Crippen MR) is 149 cm³/mol. The number of hydrogen-bond acceptors (Lipinski definition) is 6. The van der Waals surface area contributed by atoms with Crippen LogP contribution in [0.15, 0.2) is 18.2 Å². The van der Waals surface area contributed by atoms with E-state index in [1.807, 2.05) is 35.4 Å². The van der Waals surface area contributed by atoms with E-state index in [4.69, 9.17) is 20.4 Å². The monoisotopic (exact) mass is 540 g/mol. The third-order valence-corrected chi connectivity index (χ3v) is 9.06. The number of halogens is 1. The predicted octanol–water partition coefficient (Wildman–Crippen LogP) is 4.93. The number of hydrogen-bond donors (Lipinski definition) is 1. The highest BCUT2D eigenvalue weighted by molar-refractivity contribution is 7.18. The van der Waals surface area contributed by atoms with Crippen molar-refractivity contribution in [2.24, 2.45) is 18.7 Å². The third kappa shape index (κ3) is 4.30. The molecule has 3 fully saturated rings. The summed E-state index contributed by atoms with van der Waals surface area (Å²) < 4.78 is 11.5. The van der Waals surface area contributed by atoms with Gasteiger partial charge < -0.3 is 24.5 Å². The van der Waals surface area contributed by atoms with Crippen molar-refractivity contribution >= 4 is 51.0 Å². The lowest BCUT2D eigenvalue weighted by Crippen LogP contribution is -2.45. The van der Waals surface area contributed by atoms with E-state index in [9.17, 15) is 4.79 Å². The molecular formula is C27H33ClN6O2S. The molecule has 4 aromatic rings. The highest BCUT2D eigenvalue weighted by Crippen LogP contribution is 2.45. The second-order valence-electron chi connectivity index (χ2n) is 10.8. The second kappa shape index (κ2) is 9.29. The first-order valence-corrected chi connectivity index (χ1v) is 13.9. The van der Waals surface area contributed by atoms with Gasteiger partial charge in [-0.3, -0.25) is 4.79 Å². The molecule has 7 rings (SSSR count). The Labute approximate surface area is 226 Å². The minimum atomic E-state index is -0.00743. The van der Waals surface area contributed by atoms with Gasteiger partial charge in [-0.15, -0.1) is 23.7 Å². The molecule has 4 heterocycles. The molecule has 10 heteroatoms. The molecule has 8 nitrogen and oxygen atoms in total. The summed E-state index contributed by atoms with van der Waals surface area (Å²) in [4.78, 5) is 25.3. The van der Waals surface area contributed by atoms with E-state index < -0.39 is 0 Å². The van der Waals surface area contributed by atoms with Crippen LogP contribution >= 0.6 is 23.7 Å². The maximum absolute atomic E-state index is 13.3. The van der Waals surface area contributed by atoms with Crippen LogP contribution in [0.5, 0.6) is 5.75 Å². The molecule has 1 amide bonds. The van der Waals surface area contributed by atoms with E-state index in [2.05, 4.69) is 15.2 Å². The molecule has 196 valence electrons. The average Bonchev–Trinajstić information content (AvgIpc) is 3.79. The summed E-state index contributed by atoms with van der Waals surface area (Å²) >= 11 is 1.83. The van der Waals surface area contributed by atoms with Crippen molar-refractivity contribution < 1.29 is 9.53 Å². The van der Waals surface area contributed by atoms with Crippen LogP contribution in [-0.4, -0.2) is 56.2 Å². The first-order valence-electron chi connectivity index (χ1n) is 13.1. The number of ether oxygens (including phenoxy) is 1. The Morgan fingerprint density at radius 2 is 1.97 bits per heavy atom. The molecule has 0 spiro atoms. The topological polar surface area (TPSA) is 91.2 Å². The molecule has 1 saturated heterocycles. The maximum Gasteiger partial charge on any atom is 0.254 e. The van der Waals surface area contributed by atoms with Gasteiger partial charge in [0.25, 0.3) is 5.91 Å². The number of amides is 1. The minimum absolute atomic E-state index is 0. The van der Waals surface area contributed by atoms with E-state index >= 15 is 0 Å². The molecule has 2 saturated carbocycles. The van der Waals surface area contributed by atoms with Crippen LogP contribution in [0.4, 0.5) is 0 Å². The van der Waals surface area contributed by atoms with Gasteiger partial charge in [-0.05, 0) is 62.6 Å². The van der Waals surface area contributed by atoms with Gasteiger partial charge in [0, 0.05) is 44.2 Å². The summed E-state index contributed by atoms with van der Waals surface area (Å²) in [7, 11) is 3.69. The lowest BCUT2D eigenvalue weighted by Gasteiger charge is -2.30. The first-order chi connectivity index (χ1) is 17.5. The summed E-state index contributed by atoms with van der Waals surface area (Å²) in [5.41, 5.74) is 10.6. The van der Waals surface area contributed by atoms with E-state index in [0.29, 0.717) is 23.8 Å². The Morgan fingerprint density at radius 3 is 2.68 bits per heavy atom. The number of imidazole rings is 1. The van der Waals surface area contributed by atoms with Gasteiger partial charge in [0.15, 0.2) is 11.5 Å². The van der Waals surface area contributed by atoms with Crippen LogP contribution in [-0.2, 0) is 13.6 Å². The molecule has 3 aliphatic rings. The molecule has 1 aromatic carbocycles. The molecule has 2 aliphatic carbocycles. The lowest BCUT2D eigenvalue weighted by atomic mass is 10.0. The molecule has 1 aliphatic heterocycles. The zero-order valence-corrected chi connectivity index (χ0v) is 22.9. The summed E-state index contributed by atoms with van der Waals surface area (Å²) in [5, 5.41) is 1.28. The number of rotatable bonds is 6. The van der Waals surface area contributed by atoms with Gasteiger partial charge >= 0.3 is 0 Å². The van der Waals surface area contributed by atoms with Crippen molar-refractivity contribution in [2.45, 2.75) is 57.0 Å². The van der Waals surface area contributed by atoms with Gasteiger partial charge in [0.2, 0.25) is 0 Å². The van der Waals surface area contributed by atoms with Crippen molar-refractivity contribution in [3.63, 3.8) is 0 Å². The Morgan fingerprint density at radius 1 is 1.16 bits per heavy atom. The van der Waals surface area contributed by atoms with Crippen molar-refractivity contribution in [1.29, 1.82) is 0 Å². The summed E-state index contributed by atoms with van der Waals surface area (Å²) in [6, 6.07) is 6.05. The number of aromatic nitrogens is 4. The molecule has 3 aromatic heterocycles. The Hall–Kier alpha value is -2.62. The Bertz CT molecular complexity index is 1500. The Balaban J connectivity index is 0.00000252. The number of aryl methyl sites for hydroxylation is 1. The van der Waals surface area contributed by atoms with Gasteiger partial charge in [0.1, 0.15) is 11.3 Å². The van der Waals surface area contributed by atoms with Crippen LogP contribution in [0.25, 0.3) is 32.9 Å². The van der Waals surface area contributed by atoms with Crippen molar-refractivity contribution in [1.82, 2.24) is 24.0 Å². The fourth-order valence-electron chi connectivity index (χ4n) is 5.57. The number of carbonyl (C=O) groups excluding carboxylic acids is 1. The Kier molecular flexibility index (Phi) is 6.20. The number of methoxy groups -OCH3 is 1. The SMILES string of the molecule is COc1cc(C(=O)N2CCCC(N)C2)cc2nc(-c3cc4sc(C5CC5)nc4n3CC3CC3)n(C)c12.Cl. The van der Waals surface area contributed by atoms with Crippen LogP contribution in [0, 0.1) is 5.92 Å². The van der Waals surface area contributed by atoms with E-state index in [0.717, 1.165) is 60.0 Å². The molecule has 1 unspecified atom stereocenters. The smallest absolute Gasteiger partial charge is 0.254 e. The van der Waals surface area contributed by atoms with Gasteiger partial charge in [0.05, 0.1) is 28.0 Å². The zero-order valence-electron chi connectivity index (χ0n) is 21.3. The number of likely N-dealkylation sites (tertiary alicyclic amines) is 1. The minimum Gasteiger partial charge on any atom is -0.494 e. The number of benzene rings is 1. The zero-order chi connectivity index (χ0) is 24.6. The van der Waals surface area contributed by atoms with Crippen molar-refractivity contribution in [2.75, 3.05) is 20.2 Å². The first kappa shape index (κ1) is 24.7. The maximum atomic E-state index is 13.3. The molecule has 0 radical (unpaired) electrons. The second-order valence-corrected chi connectivity index (χ2v) is 11.9. The van der Waals surface area contributed by atoms with E-state index in [1.165, 1.54) is 35.4 Å². The summed E-state index contributed by atoms with van der Waals surface area (Å²) in [6.07, 6.45) is 6.99. The quantitative estimate of drug-likeness (QED) is 0.374. The third-order valence-electron chi connectivity index (χ3n) is 7.90. The van der Waals surface area contributed by atoms with Gasteiger partial charge in [-0.1, -0.05) is 0 Å². The number of thiazole rings is 1. The van der Waals surface area contributed by atoms with Crippen LogP contribution in [0.2, 0.25) is 0 Å². The van der Waals surface area contributed by atoms with E-state index in [-0.39, 0.29) is 24.4 Å². The van der Waals surface area contributed by atoms with E-state index in [1.54, 1.807) is 7.11 Å². The number of carbonyl (C=O) groups is 1. The fraction of sp³-hybridized carbons (Fsp3) is 0.519. The van der Waals surface area contributed by atoms with Gasteiger partial charge in [-0.25, -0.2) is 9.97 Å². The average molecular weight is 541 g/mol. The summed E-state index contributed by atoms with van der Waals surface area (Å²) in [5.74, 6) is 2.91. The number of piperidine rings is 1. The highest BCUT2D eigenvalue weighted by atomic mass is 35.5. The van der Waals surface area contributed by atoms with Crippen molar-refractivity contribution in [3.05, 3.63) is 28.8 Å².